The Balaban J connectivity index is 1.54. The van der Waals surface area contributed by atoms with Crippen LogP contribution in [-0.4, -0.2) is 59.6 Å². The molecule has 184 valence electrons. The van der Waals surface area contributed by atoms with E-state index < -0.39 is 0 Å². The van der Waals surface area contributed by atoms with E-state index in [2.05, 4.69) is 26.0 Å². The molecule has 2 heterocycles. The minimum Gasteiger partial charge on any atom is -0.483 e. The zero-order valence-corrected chi connectivity index (χ0v) is 21.4. The number of halogens is 1. The van der Waals surface area contributed by atoms with Crippen LogP contribution >= 0.6 is 15.9 Å². The van der Waals surface area contributed by atoms with Crippen molar-refractivity contribution in [2.75, 3.05) is 32.9 Å². The highest BCUT2D eigenvalue weighted by atomic mass is 79.9. The van der Waals surface area contributed by atoms with Crippen LogP contribution in [0.5, 0.6) is 5.75 Å². The lowest BCUT2D eigenvalue weighted by molar-refractivity contribution is -0.137. The average molecular weight is 549 g/mol. The van der Waals surface area contributed by atoms with Crippen molar-refractivity contribution in [3.8, 4) is 5.75 Å². The fourth-order valence-electron chi connectivity index (χ4n) is 4.24. The minimum atomic E-state index is -0.250. The van der Waals surface area contributed by atoms with Crippen LogP contribution in [0.4, 0.5) is 0 Å². The van der Waals surface area contributed by atoms with E-state index in [0.717, 1.165) is 15.2 Å². The quantitative estimate of drug-likeness (QED) is 0.340. The Labute approximate surface area is 216 Å². The number of hydrogen-bond acceptors (Lipinski definition) is 6. The van der Waals surface area contributed by atoms with Crippen molar-refractivity contribution in [1.82, 2.24) is 14.6 Å². The summed E-state index contributed by atoms with van der Waals surface area (Å²) in [7, 11) is 0. The monoisotopic (exact) mass is 548 g/mol. The molecule has 0 atom stereocenters. The fourth-order valence-corrected chi connectivity index (χ4v) is 4.60. The molecule has 9 heteroatoms. The first-order valence-electron chi connectivity index (χ1n) is 11.8. The lowest BCUT2D eigenvalue weighted by atomic mass is 10.0. The lowest BCUT2D eigenvalue weighted by Crippen LogP contribution is -2.43. The van der Waals surface area contributed by atoms with E-state index in [1.165, 1.54) is 4.68 Å². The van der Waals surface area contributed by atoms with E-state index in [1.807, 2.05) is 55.5 Å². The summed E-state index contributed by atoms with van der Waals surface area (Å²) >= 11 is 3.43. The van der Waals surface area contributed by atoms with E-state index in [0.29, 0.717) is 60.8 Å². The molecule has 0 radical (unpaired) electrons. The molecule has 1 amide bonds. The summed E-state index contributed by atoms with van der Waals surface area (Å²) in [4.78, 5) is 32.4. The maximum Gasteiger partial charge on any atom is 0.282 e. The molecule has 0 bridgehead atoms. The number of carbonyl (C=O) groups is 1. The van der Waals surface area contributed by atoms with Crippen LogP contribution < -0.4 is 10.3 Å². The summed E-state index contributed by atoms with van der Waals surface area (Å²) in [6, 6.07) is 17.0. The van der Waals surface area contributed by atoms with Gasteiger partial charge in [-0.25, -0.2) is 4.98 Å². The minimum absolute atomic E-state index is 0.0924. The van der Waals surface area contributed by atoms with Gasteiger partial charge in [0.2, 0.25) is 0 Å². The number of morpholine rings is 1. The van der Waals surface area contributed by atoms with E-state index >= 15 is 0 Å². The normalized spacial score (nSPS) is 14.1. The Morgan fingerprint density at radius 2 is 1.94 bits per heavy atom. The van der Waals surface area contributed by atoms with Crippen molar-refractivity contribution in [2.45, 2.75) is 13.3 Å². The van der Waals surface area contributed by atoms with Crippen LogP contribution in [0.3, 0.4) is 0 Å². The summed E-state index contributed by atoms with van der Waals surface area (Å²) in [5.41, 5.74) is 1.06. The van der Waals surface area contributed by atoms with Crippen LogP contribution in [0, 0.1) is 0 Å². The molecule has 0 saturated carbocycles. The van der Waals surface area contributed by atoms with Gasteiger partial charge in [0.15, 0.2) is 6.61 Å². The van der Waals surface area contributed by atoms with Gasteiger partial charge in [0, 0.05) is 29.5 Å². The Kier molecular flexibility index (Phi) is 7.11. The molecule has 36 heavy (non-hydrogen) atoms. The number of aromatic nitrogens is 2. The second kappa shape index (κ2) is 10.6. The number of hydrogen-bond donors (Lipinski definition) is 0. The number of ether oxygens (including phenoxy) is 2. The Morgan fingerprint density at radius 1 is 1.14 bits per heavy atom. The first kappa shape index (κ1) is 24.1. The van der Waals surface area contributed by atoms with E-state index in [1.54, 1.807) is 17.2 Å². The molecule has 1 fully saturated rings. The molecule has 0 unspecified atom stereocenters. The number of fused-ring (bicyclic) bond motifs is 2. The molecule has 1 saturated heterocycles. The average Bonchev–Trinajstić information content (AvgIpc) is 2.92. The van der Waals surface area contributed by atoms with Crippen LogP contribution in [0.15, 0.2) is 69.0 Å². The Morgan fingerprint density at radius 3 is 2.75 bits per heavy atom. The lowest BCUT2D eigenvalue weighted by Gasteiger charge is -2.26. The number of amides is 1. The van der Waals surface area contributed by atoms with Crippen LogP contribution in [0.2, 0.25) is 0 Å². The highest BCUT2D eigenvalue weighted by molar-refractivity contribution is 9.10. The van der Waals surface area contributed by atoms with Crippen LogP contribution in [-0.2, 0) is 16.0 Å². The third kappa shape index (κ3) is 4.89. The third-order valence-electron chi connectivity index (χ3n) is 6.14. The van der Waals surface area contributed by atoms with E-state index in [-0.39, 0.29) is 18.1 Å². The zero-order valence-electron chi connectivity index (χ0n) is 19.8. The maximum atomic E-state index is 13.3. The predicted octanol–water partition coefficient (Wildman–Crippen LogP) is 3.99. The fraction of sp³-hybridized carbons (Fsp3) is 0.259. The van der Waals surface area contributed by atoms with Gasteiger partial charge in [0.25, 0.3) is 11.5 Å². The SMILES string of the molecule is CCc1nc2ccc(Br)cc2c(=O)n1N=Cc1c(OCC(=O)N2CCOCC2)ccc2ccccc12. The smallest absolute Gasteiger partial charge is 0.282 e. The molecule has 8 nitrogen and oxygen atoms in total. The molecule has 1 aromatic heterocycles. The van der Waals surface area contributed by atoms with Crippen molar-refractivity contribution >= 4 is 49.7 Å². The second-order valence-corrected chi connectivity index (χ2v) is 9.30. The number of aryl methyl sites for hydroxylation is 1. The number of rotatable bonds is 6. The molecule has 4 aromatic rings. The molecular formula is C27H25BrN4O4. The summed E-state index contributed by atoms with van der Waals surface area (Å²) in [5.74, 6) is 0.973. The summed E-state index contributed by atoms with van der Waals surface area (Å²) in [6.45, 7) is 4.02. The van der Waals surface area contributed by atoms with Gasteiger partial charge in [0.05, 0.1) is 30.3 Å². The summed E-state index contributed by atoms with van der Waals surface area (Å²) in [5, 5.41) is 6.94. The number of nitrogens with zero attached hydrogens (tertiary/aromatic N) is 4. The largest absolute Gasteiger partial charge is 0.483 e. The van der Waals surface area contributed by atoms with Crippen molar-refractivity contribution in [1.29, 1.82) is 0 Å². The molecule has 0 spiro atoms. The van der Waals surface area contributed by atoms with Crippen LogP contribution in [0.25, 0.3) is 21.7 Å². The van der Waals surface area contributed by atoms with Gasteiger partial charge in [-0.3, -0.25) is 9.59 Å². The Bertz CT molecular complexity index is 1530. The maximum absolute atomic E-state index is 13.3. The standard InChI is InChI=1S/C27H25BrN4O4/c1-2-25-30-23-9-8-19(28)15-21(23)27(34)32(25)29-16-22-20-6-4-3-5-18(20)7-10-24(22)36-17-26(33)31-11-13-35-14-12-31/h3-10,15-16H,2,11-14,17H2,1H3. The van der Waals surface area contributed by atoms with Crippen LogP contribution in [0.1, 0.15) is 18.3 Å². The first-order chi connectivity index (χ1) is 17.5. The topological polar surface area (TPSA) is 86.0 Å². The number of carbonyl (C=O) groups excluding carboxylic acids is 1. The second-order valence-electron chi connectivity index (χ2n) is 8.38. The molecule has 0 N–H and O–H groups in total. The molecule has 5 rings (SSSR count). The van der Waals surface area contributed by atoms with Crippen molar-refractivity contribution < 1.29 is 14.3 Å². The molecule has 3 aromatic carbocycles. The molecule has 0 aliphatic carbocycles. The van der Waals surface area contributed by atoms with Gasteiger partial charge >= 0.3 is 0 Å². The molecule has 1 aliphatic heterocycles. The van der Waals surface area contributed by atoms with Gasteiger partial charge in [0.1, 0.15) is 11.6 Å². The Hall–Kier alpha value is -3.56. The van der Waals surface area contributed by atoms with Gasteiger partial charge in [-0.1, -0.05) is 53.2 Å². The predicted molar refractivity (Wildman–Crippen MR) is 143 cm³/mol. The van der Waals surface area contributed by atoms with Crippen molar-refractivity contribution in [2.24, 2.45) is 5.10 Å². The van der Waals surface area contributed by atoms with E-state index in [4.69, 9.17) is 9.47 Å². The molecule has 1 aliphatic rings. The highest BCUT2D eigenvalue weighted by Crippen LogP contribution is 2.27. The molecular weight excluding hydrogens is 524 g/mol. The third-order valence-corrected chi connectivity index (χ3v) is 6.63. The first-order valence-corrected chi connectivity index (χ1v) is 12.6. The summed E-state index contributed by atoms with van der Waals surface area (Å²) < 4.78 is 13.4. The van der Waals surface area contributed by atoms with Gasteiger partial charge < -0.3 is 14.4 Å². The van der Waals surface area contributed by atoms with Gasteiger partial charge in [-0.2, -0.15) is 9.78 Å². The summed E-state index contributed by atoms with van der Waals surface area (Å²) in [6.07, 6.45) is 2.15. The number of benzene rings is 3. The van der Waals surface area contributed by atoms with E-state index in [9.17, 15) is 9.59 Å². The van der Waals surface area contributed by atoms with Gasteiger partial charge in [-0.05, 0) is 35.0 Å². The van der Waals surface area contributed by atoms with Gasteiger partial charge in [-0.15, -0.1) is 0 Å². The zero-order chi connectivity index (χ0) is 25.1. The van der Waals surface area contributed by atoms with Crippen molar-refractivity contribution in [3.05, 3.63) is 80.8 Å². The van der Waals surface area contributed by atoms with Crippen molar-refractivity contribution in [3.63, 3.8) is 0 Å². The highest BCUT2D eigenvalue weighted by Gasteiger charge is 2.18.